The van der Waals surface area contributed by atoms with Crippen molar-refractivity contribution in [2.45, 2.75) is 6.92 Å². The van der Waals surface area contributed by atoms with Crippen LogP contribution in [0.5, 0.6) is 5.75 Å². The number of hydrogen-bond acceptors (Lipinski definition) is 5. The number of rotatable bonds is 4. The van der Waals surface area contributed by atoms with Crippen LogP contribution in [-0.2, 0) is 0 Å². The van der Waals surface area contributed by atoms with Crippen LogP contribution in [0, 0.1) is 6.92 Å². The minimum absolute atomic E-state index is 0.341. The summed E-state index contributed by atoms with van der Waals surface area (Å²) >= 11 is 6.60. The first kappa shape index (κ1) is 12.8. The largest absolute Gasteiger partial charge is 0.497 e. The number of thiazole rings is 1. The Kier molecular flexibility index (Phi) is 3.78. The molecule has 0 radical (unpaired) electrons. The molecule has 94 valence electrons. The zero-order valence-corrected chi connectivity index (χ0v) is 11.7. The van der Waals surface area contributed by atoms with Crippen molar-refractivity contribution in [1.29, 1.82) is 0 Å². The highest BCUT2D eigenvalue weighted by Gasteiger charge is 2.08. The van der Waals surface area contributed by atoms with Crippen LogP contribution < -0.4 is 15.8 Å². The molecule has 0 bridgehead atoms. The van der Waals surface area contributed by atoms with Gasteiger partial charge in [-0.1, -0.05) is 12.2 Å². The molecular weight excluding hydrogens is 266 g/mol. The fourth-order valence-corrected chi connectivity index (χ4v) is 2.35. The molecule has 1 heterocycles. The molecule has 0 aliphatic rings. The zero-order chi connectivity index (χ0) is 13.1. The van der Waals surface area contributed by atoms with Gasteiger partial charge in [0, 0.05) is 22.7 Å². The van der Waals surface area contributed by atoms with Crippen LogP contribution in [0.3, 0.4) is 0 Å². The summed E-state index contributed by atoms with van der Waals surface area (Å²) < 4.78 is 5.19. The molecule has 2 rings (SSSR count). The molecule has 18 heavy (non-hydrogen) atoms. The van der Waals surface area contributed by atoms with Crippen molar-refractivity contribution in [3.05, 3.63) is 34.8 Å². The second-order valence-electron chi connectivity index (χ2n) is 3.68. The quantitative estimate of drug-likeness (QED) is 0.843. The Bertz CT molecular complexity index is 580. The van der Waals surface area contributed by atoms with Gasteiger partial charge in [-0.25, -0.2) is 4.98 Å². The Balaban J connectivity index is 2.37. The topological polar surface area (TPSA) is 60.2 Å². The number of hydrogen-bond donors (Lipinski definition) is 2. The van der Waals surface area contributed by atoms with Gasteiger partial charge in [0.25, 0.3) is 0 Å². The summed E-state index contributed by atoms with van der Waals surface area (Å²) in [4.78, 5) is 5.73. The van der Waals surface area contributed by atoms with E-state index >= 15 is 0 Å². The summed E-state index contributed by atoms with van der Waals surface area (Å²) in [5.41, 5.74) is 7.28. The van der Waals surface area contributed by atoms with E-state index in [-0.39, 0.29) is 0 Å². The molecule has 3 N–H and O–H groups in total. The van der Waals surface area contributed by atoms with Gasteiger partial charge >= 0.3 is 0 Å². The highest BCUT2D eigenvalue weighted by molar-refractivity contribution is 7.80. The van der Waals surface area contributed by atoms with E-state index in [1.807, 2.05) is 31.3 Å². The van der Waals surface area contributed by atoms with Crippen molar-refractivity contribution in [3.63, 3.8) is 0 Å². The van der Waals surface area contributed by atoms with Crippen molar-refractivity contribution in [2.75, 3.05) is 12.4 Å². The first-order valence-electron chi connectivity index (χ1n) is 5.27. The number of nitrogens with one attached hydrogen (secondary N) is 1. The number of aromatic nitrogens is 1. The molecule has 0 saturated heterocycles. The molecule has 4 nitrogen and oxygen atoms in total. The van der Waals surface area contributed by atoms with Gasteiger partial charge in [-0.15, -0.1) is 11.3 Å². The highest BCUT2D eigenvalue weighted by atomic mass is 32.1. The molecule has 1 aromatic heterocycles. The number of benzene rings is 1. The summed E-state index contributed by atoms with van der Waals surface area (Å²) in [5.74, 6) is 0.741. The molecule has 0 saturated carbocycles. The van der Waals surface area contributed by atoms with Gasteiger partial charge in [0.1, 0.15) is 10.7 Å². The van der Waals surface area contributed by atoms with Crippen LogP contribution in [-0.4, -0.2) is 17.1 Å². The Morgan fingerprint density at radius 2 is 2.28 bits per heavy atom. The number of nitrogens with zero attached hydrogens (tertiary/aromatic N) is 1. The van der Waals surface area contributed by atoms with Crippen molar-refractivity contribution in [2.24, 2.45) is 5.73 Å². The predicted molar refractivity (Wildman–Crippen MR) is 79.0 cm³/mol. The number of methoxy groups -OCH3 is 1. The molecule has 0 aliphatic carbocycles. The van der Waals surface area contributed by atoms with Crippen LogP contribution in [0.1, 0.15) is 10.4 Å². The monoisotopic (exact) mass is 279 g/mol. The van der Waals surface area contributed by atoms with Gasteiger partial charge in [0.2, 0.25) is 0 Å². The third-order valence-corrected chi connectivity index (χ3v) is 3.40. The van der Waals surface area contributed by atoms with E-state index in [9.17, 15) is 0 Å². The second-order valence-corrected chi connectivity index (χ2v) is 5.35. The summed E-state index contributed by atoms with van der Waals surface area (Å²) in [6.45, 7) is 2.00. The average molecular weight is 279 g/mol. The van der Waals surface area contributed by atoms with E-state index in [1.54, 1.807) is 18.4 Å². The highest BCUT2D eigenvalue weighted by Crippen LogP contribution is 2.27. The summed E-state index contributed by atoms with van der Waals surface area (Å²) in [6.07, 6.45) is 1.81. The van der Waals surface area contributed by atoms with Crippen molar-refractivity contribution in [1.82, 2.24) is 4.98 Å². The first-order valence-corrected chi connectivity index (χ1v) is 6.50. The lowest BCUT2D eigenvalue weighted by molar-refractivity contribution is 0.415. The Labute approximate surface area is 115 Å². The number of anilines is 2. The lowest BCUT2D eigenvalue weighted by atomic mass is 10.1. The van der Waals surface area contributed by atoms with Crippen LogP contribution in [0.15, 0.2) is 24.4 Å². The third-order valence-electron chi connectivity index (χ3n) is 2.36. The lowest BCUT2D eigenvalue weighted by Crippen LogP contribution is -2.12. The predicted octanol–water partition coefficient (Wildman–Crippen LogP) is 2.84. The molecular formula is C12H13N3OS2. The lowest BCUT2D eigenvalue weighted by Gasteiger charge is -2.10. The van der Waals surface area contributed by atoms with E-state index in [4.69, 9.17) is 22.7 Å². The zero-order valence-electron chi connectivity index (χ0n) is 10.1. The fourth-order valence-electron chi connectivity index (χ4n) is 1.50. The second kappa shape index (κ2) is 5.32. The molecule has 0 spiro atoms. The summed E-state index contributed by atoms with van der Waals surface area (Å²) in [5, 5.41) is 4.01. The van der Waals surface area contributed by atoms with Gasteiger partial charge in [0.05, 0.1) is 12.8 Å². The third kappa shape index (κ3) is 2.77. The van der Waals surface area contributed by atoms with Crippen LogP contribution in [0.25, 0.3) is 0 Å². The maximum atomic E-state index is 5.70. The van der Waals surface area contributed by atoms with E-state index < -0.39 is 0 Å². The molecule has 0 unspecified atom stereocenters. The fraction of sp³-hybridized carbons (Fsp3) is 0.167. The van der Waals surface area contributed by atoms with Crippen molar-refractivity contribution in [3.8, 4) is 5.75 Å². The summed E-state index contributed by atoms with van der Waals surface area (Å²) in [7, 11) is 1.62. The Hall–Kier alpha value is -1.66. The van der Waals surface area contributed by atoms with E-state index in [1.165, 1.54) is 0 Å². The average Bonchev–Trinajstić information content (AvgIpc) is 2.74. The normalized spacial score (nSPS) is 10.1. The molecule has 0 fully saturated rings. The molecule has 0 aliphatic heterocycles. The molecule has 6 heteroatoms. The van der Waals surface area contributed by atoms with E-state index in [0.717, 1.165) is 27.0 Å². The number of aryl methyl sites for hydroxylation is 1. The Morgan fingerprint density at radius 3 is 2.83 bits per heavy atom. The van der Waals surface area contributed by atoms with Gasteiger partial charge in [0.15, 0.2) is 5.13 Å². The molecule has 0 atom stereocenters. The smallest absolute Gasteiger partial charge is 0.187 e. The minimum Gasteiger partial charge on any atom is -0.497 e. The molecule has 1 aromatic carbocycles. The Morgan fingerprint density at radius 1 is 1.50 bits per heavy atom. The van der Waals surface area contributed by atoms with E-state index in [2.05, 4.69) is 10.3 Å². The maximum Gasteiger partial charge on any atom is 0.187 e. The maximum absolute atomic E-state index is 5.70. The van der Waals surface area contributed by atoms with Crippen molar-refractivity contribution < 1.29 is 4.74 Å². The molecule has 0 amide bonds. The minimum atomic E-state index is 0.341. The number of ether oxygens (including phenoxy) is 1. The first-order chi connectivity index (χ1) is 8.60. The van der Waals surface area contributed by atoms with Crippen LogP contribution in [0.4, 0.5) is 10.8 Å². The van der Waals surface area contributed by atoms with Gasteiger partial charge in [-0.3, -0.25) is 0 Å². The van der Waals surface area contributed by atoms with Gasteiger partial charge in [-0.05, 0) is 19.1 Å². The van der Waals surface area contributed by atoms with Crippen molar-refractivity contribution >= 4 is 39.4 Å². The van der Waals surface area contributed by atoms with Gasteiger partial charge in [-0.2, -0.15) is 0 Å². The SMILES string of the molecule is COc1ccc(C(N)=S)c(Nc2ncc(C)s2)c1. The number of nitrogens with two attached hydrogens (primary N) is 1. The van der Waals surface area contributed by atoms with Gasteiger partial charge < -0.3 is 15.8 Å². The van der Waals surface area contributed by atoms with Crippen LogP contribution >= 0.6 is 23.6 Å². The summed E-state index contributed by atoms with van der Waals surface area (Å²) in [6, 6.07) is 5.52. The van der Waals surface area contributed by atoms with E-state index in [0.29, 0.717) is 4.99 Å². The standard InChI is InChI=1S/C12H13N3OS2/c1-7-6-14-12(18-7)15-10-5-8(16-2)3-4-9(10)11(13)17/h3-6H,1-2H3,(H2,13,17)(H,14,15). The number of thiocarbonyl (C=S) groups is 1. The van der Waals surface area contributed by atoms with Crippen LogP contribution in [0.2, 0.25) is 0 Å². The molecule has 2 aromatic rings.